The average molecular weight is 514 g/mol. The van der Waals surface area contributed by atoms with Gasteiger partial charge in [0.1, 0.15) is 28.0 Å². The lowest BCUT2D eigenvalue weighted by atomic mass is 10.0. The Balaban J connectivity index is 1.74. The first-order chi connectivity index (χ1) is 17.1. The quantitative estimate of drug-likeness (QED) is 0.535. The van der Waals surface area contributed by atoms with E-state index in [1.807, 2.05) is 0 Å². The molecule has 1 N–H and O–H groups in total. The predicted octanol–water partition coefficient (Wildman–Crippen LogP) is 4.67. The van der Waals surface area contributed by atoms with Crippen LogP contribution >= 0.6 is 11.3 Å². The number of hydrogen-bond acceptors (Lipinski definition) is 8. The van der Waals surface area contributed by atoms with Gasteiger partial charge in [0, 0.05) is 23.4 Å². The molecular formula is C26H31N3O6S. The van der Waals surface area contributed by atoms with E-state index < -0.39 is 17.7 Å². The number of amides is 2. The van der Waals surface area contributed by atoms with Crippen LogP contribution in [0.4, 0.5) is 9.80 Å². The fourth-order valence-corrected chi connectivity index (χ4v) is 4.93. The molecule has 1 aromatic heterocycles. The van der Waals surface area contributed by atoms with Crippen LogP contribution in [0.15, 0.2) is 18.2 Å². The van der Waals surface area contributed by atoms with Crippen molar-refractivity contribution in [2.24, 2.45) is 0 Å². The molecule has 1 aromatic carbocycles. The summed E-state index contributed by atoms with van der Waals surface area (Å²) in [5, 5.41) is 13.1. The number of carbonyl (C=O) groups is 3. The molecule has 0 atom stereocenters. The fraction of sp³-hybridized carbons (Fsp3) is 0.462. The highest BCUT2D eigenvalue weighted by Crippen LogP contribution is 2.37. The third kappa shape index (κ3) is 6.55. The summed E-state index contributed by atoms with van der Waals surface area (Å²) in [6, 6.07) is 7.10. The van der Waals surface area contributed by atoms with E-state index in [1.165, 1.54) is 11.3 Å². The van der Waals surface area contributed by atoms with Crippen molar-refractivity contribution in [3.8, 4) is 11.8 Å². The zero-order valence-electron chi connectivity index (χ0n) is 21.2. The van der Waals surface area contributed by atoms with Crippen molar-refractivity contribution in [1.29, 1.82) is 5.26 Å². The first kappa shape index (κ1) is 27.0. The summed E-state index contributed by atoms with van der Waals surface area (Å²) in [5.41, 5.74) is 1.45. The Bertz CT molecular complexity index is 1190. The topological polar surface area (TPSA) is 118 Å². The van der Waals surface area contributed by atoms with Gasteiger partial charge in [-0.25, -0.2) is 9.59 Å². The van der Waals surface area contributed by atoms with Crippen LogP contribution in [-0.2, 0) is 33.7 Å². The van der Waals surface area contributed by atoms with Crippen molar-refractivity contribution in [2.75, 3.05) is 25.1 Å². The van der Waals surface area contributed by atoms with Gasteiger partial charge >= 0.3 is 12.1 Å². The van der Waals surface area contributed by atoms with E-state index in [2.05, 4.69) is 11.4 Å². The summed E-state index contributed by atoms with van der Waals surface area (Å²) in [6.45, 7) is 10.3. The van der Waals surface area contributed by atoms with Gasteiger partial charge in [0.25, 0.3) is 0 Å². The lowest BCUT2D eigenvalue weighted by Crippen LogP contribution is -2.39. The number of anilines is 1. The minimum Gasteiger partial charge on any atom is -0.493 e. The minimum atomic E-state index is -0.611. The van der Waals surface area contributed by atoms with Crippen molar-refractivity contribution in [2.45, 2.75) is 59.6 Å². The smallest absolute Gasteiger partial charge is 0.410 e. The fourth-order valence-electron chi connectivity index (χ4n) is 3.76. The van der Waals surface area contributed by atoms with Crippen molar-refractivity contribution < 1.29 is 28.6 Å². The molecule has 0 aliphatic carbocycles. The molecule has 2 heterocycles. The number of carbonyl (C=O) groups excluding carboxylic acids is 3. The van der Waals surface area contributed by atoms with E-state index in [9.17, 15) is 19.6 Å². The van der Waals surface area contributed by atoms with E-state index in [0.717, 1.165) is 10.4 Å². The lowest BCUT2D eigenvalue weighted by molar-refractivity contribution is -0.115. The molecule has 0 saturated carbocycles. The number of nitrogens with zero attached hydrogens (tertiary/aromatic N) is 2. The van der Waals surface area contributed by atoms with E-state index in [0.29, 0.717) is 47.0 Å². The maximum absolute atomic E-state index is 12.9. The van der Waals surface area contributed by atoms with Gasteiger partial charge < -0.3 is 24.4 Å². The Labute approximate surface area is 214 Å². The van der Waals surface area contributed by atoms with Crippen molar-refractivity contribution in [1.82, 2.24) is 4.90 Å². The van der Waals surface area contributed by atoms with Crippen LogP contribution in [0.5, 0.6) is 5.75 Å². The van der Waals surface area contributed by atoms with Crippen LogP contribution in [0.25, 0.3) is 0 Å². The summed E-state index contributed by atoms with van der Waals surface area (Å²) in [7, 11) is 0. The predicted molar refractivity (Wildman–Crippen MR) is 135 cm³/mol. The van der Waals surface area contributed by atoms with Crippen molar-refractivity contribution >= 4 is 34.3 Å². The molecule has 0 spiro atoms. The van der Waals surface area contributed by atoms with Gasteiger partial charge in [-0.15, -0.1) is 11.3 Å². The molecular weight excluding hydrogens is 482 g/mol. The Kier molecular flexibility index (Phi) is 8.58. The van der Waals surface area contributed by atoms with Crippen molar-refractivity contribution in [3.05, 3.63) is 45.3 Å². The molecule has 36 heavy (non-hydrogen) atoms. The van der Waals surface area contributed by atoms with E-state index in [4.69, 9.17) is 14.2 Å². The second kappa shape index (κ2) is 11.4. The zero-order chi connectivity index (χ0) is 26.5. The second-order valence-corrected chi connectivity index (χ2v) is 10.3. The van der Waals surface area contributed by atoms with Crippen LogP contribution in [-0.4, -0.2) is 48.2 Å². The highest BCUT2D eigenvalue weighted by molar-refractivity contribution is 7.16. The number of thiophene rings is 1. The number of rotatable bonds is 7. The van der Waals surface area contributed by atoms with Gasteiger partial charge in [0.05, 0.1) is 31.7 Å². The summed E-state index contributed by atoms with van der Waals surface area (Å²) in [6.07, 6.45) is 0.183. The van der Waals surface area contributed by atoms with Gasteiger partial charge in [0.15, 0.2) is 0 Å². The molecule has 192 valence electrons. The Morgan fingerprint density at radius 2 is 1.94 bits per heavy atom. The molecule has 3 rings (SSSR count). The largest absolute Gasteiger partial charge is 0.493 e. The van der Waals surface area contributed by atoms with Gasteiger partial charge in [-0.05, 0) is 52.3 Å². The van der Waals surface area contributed by atoms with E-state index in [-0.39, 0.29) is 25.5 Å². The highest BCUT2D eigenvalue weighted by Gasteiger charge is 2.30. The van der Waals surface area contributed by atoms with Gasteiger partial charge in [-0.2, -0.15) is 5.26 Å². The second-order valence-electron chi connectivity index (χ2n) is 9.18. The van der Waals surface area contributed by atoms with Crippen LogP contribution in [0.1, 0.15) is 66.5 Å². The Morgan fingerprint density at radius 1 is 1.19 bits per heavy atom. The monoisotopic (exact) mass is 513 g/mol. The maximum atomic E-state index is 12.9. The molecule has 2 amide bonds. The van der Waals surface area contributed by atoms with E-state index in [1.54, 1.807) is 57.7 Å². The number of benzene rings is 1. The Morgan fingerprint density at radius 3 is 2.58 bits per heavy atom. The molecule has 10 heteroatoms. The molecule has 0 radical (unpaired) electrons. The van der Waals surface area contributed by atoms with Gasteiger partial charge in [-0.1, -0.05) is 6.07 Å². The zero-order valence-corrected chi connectivity index (χ0v) is 22.0. The number of esters is 1. The maximum Gasteiger partial charge on any atom is 0.410 e. The molecule has 0 fully saturated rings. The van der Waals surface area contributed by atoms with Gasteiger partial charge in [0.2, 0.25) is 5.91 Å². The standard InChI is InChI=1S/C26H31N3O6S/c1-6-33-20-12-16(8-9-17(20)24(31)34-7-2)13-22(30)28-23-18(14-27)19-15-29(11-10-21(19)36-23)25(32)35-26(3,4)5/h8-9,12H,6-7,10-11,13,15H2,1-5H3,(H,28,30). The number of fused-ring (bicyclic) bond motifs is 1. The first-order valence-electron chi connectivity index (χ1n) is 11.8. The van der Waals surface area contributed by atoms with Crippen LogP contribution in [0.3, 0.4) is 0 Å². The van der Waals surface area contributed by atoms with E-state index >= 15 is 0 Å². The van der Waals surface area contributed by atoms with Crippen molar-refractivity contribution in [3.63, 3.8) is 0 Å². The molecule has 1 aliphatic heterocycles. The summed E-state index contributed by atoms with van der Waals surface area (Å²) in [4.78, 5) is 40.1. The normalized spacial score (nSPS) is 12.8. The lowest BCUT2D eigenvalue weighted by Gasteiger charge is -2.30. The summed E-state index contributed by atoms with van der Waals surface area (Å²) in [5.74, 6) is -0.437. The molecule has 0 bridgehead atoms. The summed E-state index contributed by atoms with van der Waals surface area (Å²) < 4.78 is 16.1. The number of hydrogen-bond donors (Lipinski definition) is 1. The van der Waals surface area contributed by atoms with Crippen LogP contribution < -0.4 is 10.1 Å². The van der Waals surface area contributed by atoms with Crippen LogP contribution in [0.2, 0.25) is 0 Å². The molecule has 0 unspecified atom stereocenters. The third-order valence-electron chi connectivity index (χ3n) is 5.27. The average Bonchev–Trinajstić information content (AvgIpc) is 3.14. The third-order valence-corrected chi connectivity index (χ3v) is 6.48. The SMILES string of the molecule is CCOC(=O)c1ccc(CC(=O)Nc2sc3c(c2C#N)CN(C(=O)OC(C)(C)C)CC3)cc1OCC. The minimum absolute atomic E-state index is 0.0284. The molecule has 9 nitrogen and oxygen atoms in total. The molecule has 1 aliphatic rings. The number of nitriles is 1. The number of nitrogens with one attached hydrogen (secondary N) is 1. The first-order valence-corrected chi connectivity index (χ1v) is 12.6. The number of ether oxygens (including phenoxy) is 3. The molecule has 0 saturated heterocycles. The van der Waals surface area contributed by atoms with Gasteiger partial charge in [-0.3, -0.25) is 4.79 Å². The van der Waals surface area contributed by atoms with Crippen LogP contribution in [0, 0.1) is 11.3 Å². The molecule has 2 aromatic rings. The summed E-state index contributed by atoms with van der Waals surface area (Å²) >= 11 is 1.36. The Hall–Kier alpha value is -3.58. The highest BCUT2D eigenvalue weighted by atomic mass is 32.1.